The second-order valence-corrected chi connectivity index (χ2v) is 11.1. The summed E-state index contributed by atoms with van der Waals surface area (Å²) in [5, 5.41) is 9.45. The quantitative estimate of drug-likeness (QED) is 0.207. The lowest BCUT2D eigenvalue weighted by molar-refractivity contribution is 0.425. The third-order valence-corrected chi connectivity index (χ3v) is 7.69. The Hall–Kier alpha value is -3.27. The first-order valence-corrected chi connectivity index (χ1v) is 14.3. The number of para-hydroxylation sites is 1. The Morgan fingerprint density at radius 3 is 2.24 bits per heavy atom. The van der Waals surface area contributed by atoms with Gasteiger partial charge in [0.1, 0.15) is 5.82 Å². The first kappa shape index (κ1) is 26.8. The van der Waals surface area contributed by atoms with Gasteiger partial charge in [0.15, 0.2) is 0 Å². The van der Waals surface area contributed by atoms with E-state index >= 15 is 0 Å². The Labute approximate surface area is 219 Å². The Bertz CT molecular complexity index is 1420. The molecule has 4 rings (SSSR count). The first-order chi connectivity index (χ1) is 17.9. The monoisotopic (exact) mass is 520 g/mol. The van der Waals surface area contributed by atoms with Crippen molar-refractivity contribution in [2.45, 2.75) is 30.6 Å². The summed E-state index contributed by atoms with van der Waals surface area (Å²) in [6.07, 6.45) is 3.67. The molecule has 0 spiro atoms. The minimum absolute atomic E-state index is 0.334. The number of aromatic nitrogens is 2. The van der Waals surface area contributed by atoms with Gasteiger partial charge in [0.25, 0.3) is 0 Å². The highest BCUT2D eigenvalue weighted by atomic mass is 32.2. The number of anilines is 2. The van der Waals surface area contributed by atoms with E-state index in [1.807, 2.05) is 68.7 Å². The van der Waals surface area contributed by atoms with Crippen LogP contribution in [0.2, 0.25) is 0 Å². The van der Waals surface area contributed by atoms with E-state index in [0.29, 0.717) is 17.4 Å². The van der Waals surface area contributed by atoms with Crippen molar-refractivity contribution >= 4 is 43.5 Å². The predicted octanol–water partition coefficient (Wildman–Crippen LogP) is 4.71. The molecule has 0 unspecified atom stereocenters. The SMILES string of the molecule is CN(C)CCNc1nc(NCCCCCCNS(=O)(=O)c2cccc3ccccc23)nc2ccccc12. The summed E-state index contributed by atoms with van der Waals surface area (Å²) >= 11 is 0. The molecular weight excluding hydrogens is 484 g/mol. The van der Waals surface area contributed by atoms with Crippen LogP contribution < -0.4 is 15.4 Å². The highest BCUT2D eigenvalue weighted by Gasteiger charge is 2.16. The lowest BCUT2D eigenvalue weighted by Gasteiger charge is -2.14. The molecule has 0 atom stereocenters. The number of benzene rings is 3. The first-order valence-electron chi connectivity index (χ1n) is 12.8. The second kappa shape index (κ2) is 12.8. The molecule has 9 heteroatoms. The lowest BCUT2D eigenvalue weighted by atomic mass is 10.1. The van der Waals surface area contributed by atoms with Gasteiger partial charge in [0.05, 0.1) is 10.4 Å². The van der Waals surface area contributed by atoms with Crippen LogP contribution in [0, 0.1) is 0 Å². The third-order valence-electron chi connectivity index (χ3n) is 6.17. The Morgan fingerprint density at radius 2 is 1.43 bits per heavy atom. The molecule has 0 saturated heterocycles. The fourth-order valence-electron chi connectivity index (χ4n) is 4.21. The van der Waals surface area contributed by atoms with Crippen molar-refractivity contribution in [3.05, 3.63) is 66.7 Å². The maximum atomic E-state index is 12.8. The third kappa shape index (κ3) is 7.38. The van der Waals surface area contributed by atoms with Gasteiger partial charge in [0, 0.05) is 37.0 Å². The minimum atomic E-state index is -3.54. The number of nitrogens with one attached hydrogen (secondary N) is 3. The summed E-state index contributed by atoms with van der Waals surface area (Å²) < 4.78 is 28.4. The van der Waals surface area contributed by atoms with Gasteiger partial charge in [-0.3, -0.25) is 0 Å². The molecule has 0 aliphatic carbocycles. The van der Waals surface area contributed by atoms with Gasteiger partial charge in [0.2, 0.25) is 16.0 Å². The van der Waals surface area contributed by atoms with Gasteiger partial charge in [-0.25, -0.2) is 18.1 Å². The normalized spacial score (nSPS) is 11.9. The average Bonchev–Trinajstić information content (AvgIpc) is 2.89. The number of hydrogen-bond donors (Lipinski definition) is 3. The molecular formula is C28H36N6O2S. The van der Waals surface area contributed by atoms with Crippen molar-refractivity contribution in [2.24, 2.45) is 0 Å². The number of likely N-dealkylation sites (N-methyl/N-ethyl adjacent to an activating group) is 1. The van der Waals surface area contributed by atoms with Crippen LogP contribution in [0.25, 0.3) is 21.7 Å². The van der Waals surface area contributed by atoms with Crippen LogP contribution in [-0.4, -0.2) is 63.6 Å². The summed E-state index contributed by atoms with van der Waals surface area (Å²) in [6.45, 7) is 2.91. The maximum Gasteiger partial charge on any atom is 0.241 e. The van der Waals surface area contributed by atoms with Crippen molar-refractivity contribution in [3.63, 3.8) is 0 Å². The van der Waals surface area contributed by atoms with Crippen molar-refractivity contribution in [1.82, 2.24) is 19.6 Å². The van der Waals surface area contributed by atoms with Gasteiger partial charge in [-0.15, -0.1) is 0 Å². The van der Waals surface area contributed by atoms with Gasteiger partial charge >= 0.3 is 0 Å². The lowest BCUT2D eigenvalue weighted by Crippen LogP contribution is -2.25. The van der Waals surface area contributed by atoms with E-state index in [1.165, 1.54) is 0 Å². The summed E-state index contributed by atoms with van der Waals surface area (Å²) in [5.74, 6) is 1.46. The molecule has 0 saturated carbocycles. The minimum Gasteiger partial charge on any atom is -0.368 e. The number of nitrogens with zero attached hydrogens (tertiary/aromatic N) is 3. The maximum absolute atomic E-state index is 12.8. The number of sulfonamides is 1. The molecule has 4 aromatic rings. The number of hydrogen-bond acceptors (Lipinski definition) is 7. The van der Waals surface area contributed by atoms with Crippen LogP contribution >= 0.6 is 0 Å². The fraction of sp³-hybridized carbons (Fsp3) is 0.357. The molecule has 8 nitrogen and oxygen atoms in total. The van der Waals surface area contributed by atoms with Crippen LogP contribution in [0.3, 0.4) is 0 Å². The number of rotatable bonds is 14. The van der Waals surface area contributed by atoms with E-state index in [9.17, 15) is 8.42 Å². The Kier molecular flexibility index (Phi) is 9.27. The van der Waals surface area contributed by atoms with E-state index in [0.717, 1.165) is 72.8 Å². The molecule has 37 heavy (non-hydrogen) atoms. The number of fused-ring (bicyclic) bond motifs is 2. The van der Waals surface area contributed by atoms with Crippen LogP contribution in [0.15, 0.2) is 71.6 Å². The molecule has 0 radical (unpaired) electrons. The molecule has 3 N–H and O–H groups in total. The molecule has 0 aliphatic heterocycles. The van der Waals surface area contributed by atoms with E-state index in [1.54, 1.807) is 12.1 Å². The zero-order valence-corrected chi connectivity index (χ0v) is 22.4. The molecule has 0 fully saturated rings. The zero-order valence-electron chi connectivity index (χ0n) is 21.6. The molecule has 1 aromatic heterocycles. The Balaban J connectivity index is 1.21. The van der Waals surface area contributed by atoms with E-state index < -0.39 is 10.0 Å². The molecule has 196 valence electrons. The van der Waals surface area contributed by atoms with Gasteiger partial charge in [-0.2, -0.15) is 4.98 Å². The summed E-state index contributed by atoms with van der Waals surface area (Å²) in [4.78, 5) is 11.8. The van der Waals surface area contributed by atoms with Gasteiger partial charge in [-0.1, -0.05) is 61.4 Å². The largest absolute Gasteiger partial charge is 0.368 e. The van der Waals surface area contributed by atoms with Crippen LogP contribution in [-0.2, 0) is 10.0 Å². The standard InChI is InChI=1S/C28H36N6O2S/c1-34(2)21-20-29-27-24-15-7-8-16-25(24)32-28(33-27)30-18-9-3-4-10-19-31-37(35,36)26-17-11-13-22-12-5-6-14-23(22)26/h5-8,11-17,31H,3-4,9-10,18-21H2,1-2H3,(H2,29,30,32,33). The number of unbranched alkanes of at least 4 members (excludes halogenated alkanes) is 3. The predicted molar refractivity (Wildman–Crippen MR) is 153 cm³/mol. The summed E-state index contributed by atoms with van der Waals surface area (Å²) in [5.41, 5.74) is 0.908. The van der Waals surface area contributed by atoms with Crippen molar-refractivity contribution in [1.29, 1.82) is 0 Å². The average molecular weight is 521 g/mol. The zero-order chi connectivity index (χ0) is 26.1. The second-order valence-electron chi connectivity index (χ2n) is 9.36. The van der Waals surface area contributed by atoms with Crippen molar-refractivity contribution < 1.29 is 8.42 Å². The highest BCUT2D eigenvalue weighted by Crippen LogP contribution is 2.23. The van der Waals surface area contributed by atoms with E-state index in [2.05, 4.69) is 25.2 Å². The van der Waals surface area contributed by atoms with Crippen LogP contribution in [0.4, 0.5) is 11.8 Å². The molecule has 1 heterocycles. The molecule has 3 aromatic carbocycles. The summed E-state index contributed by atoms with van der Waals surface area (Å²) in [6, 6.07) is 20.9. The Morgan fingerprint density at radius 1 is 0.730 bits per heavy atom. The topological polar surface area (TPSA) is 99.2 Å². The molecule has 0 aliphatic rings. The molecule has 0 amide bonds. The highest BCUT2D eigenvalue weighted by molar-refractivity contribution is 7.89. The van der Waals surface area contributed by atoms with E-state index in [-0.39, 0.29) is 0 Å². The van der Waals surface area contributed by atoms with Crippen LogP contribution in [0.5, 0.6) is 0 Å². The fourth-order valence-corrected chi connectivity index (χ4v) is 5.51. The van der Waals surface area contributed by atoms with E-state index in [4.69, 9.17) is 4.98 Å². The summed E-state index contributed by atoms with van der Waals surface area (Å²) in [7, 11) is 0.555. The van der Waals surface area contributed by atoms with Gasteiger partial charge in [-0.05, 0) is 50.5 Å². The molecule has 0 bridgehead atoms. The van der Waals surface area contributed by atoms with Crippen molar-refractivity contribution in [2.75, 3.05) is 50.9 Å². The van der Waals surface area contributed by atoms with Gasteiger partial charge < -0.3 is 15.5 Å². The van der Waals surface area contributed by atoms with Crippen LogP contribution in [0.1, 0.15) is 25.7 Å². The van der Waals surface area contributed by atoms with Crippen molar-refractivity contribution in [3.8, 4) is 0 Å². The smallest absolute Gasteiger partial charge is 0.241 e.